The van der Waals surface area contributed by atoms with Crippen molar-refractivity contribution in [2.45, 2.75) is 30.8 Å². The number of nitrogens with one attached hydrogen (secondary N) is 1. The summed E-state index contributed by atoms with van der Waals surface area (Å²) in [5.41, 5.74) is -0.484. The molecule has 2 saturated heterocycles. The molecule has 3 aliphatic heterocycles. The van der Waals surface area contributed by atoms with E-state index in [0.29, 0.717) is 0 Å². The van der Waals surface area contributed by atoms with Crippen LogP contribution in [0.3, 0.4) is 0 Å². The first-order valence-corrected chi connectivity index (χ1v) is 8.17. The maximum absolute atomic E-state index is 12.2. The molecule has 106 valence electrons. The van der Waals surface area contributed by atoms with Crippen LogP contribution in [0.1, 0.15) is 19.3 Å². The average molecular weight is 282 g/mol. The summed E-state index contributed by atoms with van der Waals surface area (Å²) < 4.78 is 0. The summed E-state index contributed by atoms with van der Waals surface area (Å²) >= 11 is 2.05. The standard InChI is InChI=1S/C13H22N4OS/c1-16(2)12-14-11(18)13(15-12)4-6-17(7-5-13)10-3-8-19-9-10/h10H,3-9H2,1-2H3,(H,14,15,18)/t10-/m1/s1. The van der Waals surface area contributed by atoms with E-state index in [1.165, 1.54) is 17.9 Å². The first-order valence-electron chi connectivity index (χ1n) is 7.01. The van der Waals surface area contributed by atoms with E-state index in [1.54, 1.807) is 0 Å². The Balaban J connectivity index is 1.67. The minimum absolute atomic E-state index is 0.0941. The van der Waals surface area contributed by atoms with Gasteiger partial charge in [-0.25, -0.2) is 4.99 Å². The van der Waals surface area contributed by atoms with Crippen molar-refractivity contribution in [1.82, 2.24) is 15.1 Å². The molecule has 5 nitrogen and oxygen atoms in total. The fourth-order valence-electron chi connectivity index (χ4n) is 3.12. The van der Waals surface area contributed by atoms with Crippen LogP contribution >= 0.6 is 11.8 Å². The summed E-state index contributed by atoms with van der Waals surface area (Å²) in [4.78, 5) is 21.3. The van der Waals surface area contributed by atoms with E-state index in [1.807, 2.05) is 30.8 Å². The van der Waals surface area contributed by atoms with Gasteiger partial charge in [-0.1, -0.05) is 0 Å². The Kier molecular flexibility index (Phi) is 3.47. The molecule has 1 N–H and O–H groups in total. The normalized spacial score (nSPS) is 30.5. The van der Waals surface area contributed by atoms with Crippen molar-refractivity contribution < 1.29 is 4.79 Å². The van der Waals surface area contributed by atoms with Crippen LogP contribution in [0.2, 0.25) is 0 Å². The highest BCUT2D eigenvalue weighted by molar-refractivity contribution is 7.99. The van der Waals surface area contributed by atoms with Crippen molar-refractivity contribution in [3.05, 3.63) is 0 Å². The number of aliphatic imine (C=N–C) groups is 1. The van der Waals surface area contributed by atoms with Crippen molar-refractivity contribution in [1.29, 1.82) is 0 Å². The summed E-state index contributed by atoms with van der Waals surface area (Å²) in [6.45, 7) is 2.01. The van der Waals surface area contributed by atoms with E-state index < -0.39 is 5.54 Å². The second-order valence-corrected chi connectivity index (χ2v) is 7.02. The Labute approximate surface area is 118 Å². The van der Waals surface area contributed by atoms with E-state index >= 15 is 0 Å². The maximum atomic E-state index is 12.2. The molecule has 2 fully saturated rings. The molecular formula is C13H22N4OS. The minimum atomic E-state index is -0.484. The molecule has 1 atom stereocenters. The molecule has 0 bridgehead atoms. The lowest BCUT2D eigenvalue weighted by Crippen LogP contribution is -2.51. The third kappa shape index (κ3) is 2.36. The third-order valence-electron chi connectivity index (χ3n) is 4.44. The van der Waals surface area contributed by atoms with Crippen molar-refractivity contribution in [2.24, 2.45) is 4.99 Å². The largest absolute Gasteiger partial charge is 0.349 e. The van der Waals surface area contributed by atoms with Crippen LogP contribution in [0.4, 0.5) is 0 Å². The molecule has 3 aliphatic rings. The van der Waals surface area contributed by atoms with Gasteiger partial charge in [-0.15, -0.1) is 0 Å². The molecule has 0 aromatic carbocycles. The summed E-state index contributed by atoms with van der Waals surface area (Å²) in [7, 11) is 3.84. The minimum Gasteiger partial charge on any atom is -0.349 e. The molecule has 0 saturated carbocycles. The Morgan fingerprint density at radius 2 is 2.16 bits per heavy atom. The predicted octanol–water partition coefficient (Wildman–Crippen LogP) is 0.374. The molecule has 0 radical (unpaired) electrons. The lowest BCUT2D eigenvalue weighted by atomic mass is 9.87. The van der Waals surface area contributed by atoms with Gasteiger partial charge < -0.3 is 4.90 Å². The summed E-state index contributed by atoms with van der Waals surface area (Å²) in [6.07, 6.45) is 3.02. The monoisotopic (exact) mass is 282 g/mol. The fraction of sp³-hybridized carbons (Fsp3) is 0.846. The van der Waals surface area contributed by atoms with Gasteiger partial charge in [0.05, 0.1) is 0 Å². The number of thioether (sulfide) groups is 1. The quantitative estimate of drug-likeness (QED) is 0.755. The van der Waals surface area contributed by atoms with E-state index in [9.17, 15) is 4.79 Å². The number of hydrogen-bond acceptors (Lipinski definition) is 5. The van der Waals surface area contributed by atoms with Crippen LogP contribution in [0.25, 0.3) is 0 Å². The molecule has 6 heteroatoms. The first kappa shape index (κ1) is 13.2. The molecule has 0 aromatic rings. The number of amides is 1. The van der Waals surface area contributed by atoms with Gasteiger partial charge in [0.1, 0.15) is 5.54 Å². The van der Waals surface area contributed by atoms with Crippen LogP contribution in [-0.4, -0.2) is 71.9 Å². The molecule has 3 rings (SSSR count). The molecular weight excluding hydrogens is 260 g/mol. The van der Waals surface area contributed by atoms with Crippen LogP contribution in [0.15, 0.2) is 4.99 Å². The Hall–Kier alpha value is -0.750. The zero-order valence-corrected chi connectivity index (χ0v) is 12.5. The number of nitrogens with zero attached hydrogens (tertiary/aromatic N) is 3. The third-order valence-corrected chi connectivity index (χ3v) is 5.58. The lowest BCUT2D eigenvalue weighted by Gasteiger charge is -2.38. The summed E-state index contributed by atoms with van der Waals surface area (Å²) in [5, 5.41) is 2.91. The molecule has 1 amide bonds. The summed E-state index contributed by atoms with van der Waals surface area (Å²) in [5.74, 6) is 3.35. The molecule has 0 aromatic heterocycles. The number of likely N-dealkylation sites (tertiary alicyclic amines) is 1. The molecule has 0 aliphatic carbocycles. The number of carbonyl (C=O) groups is 1. The second-order valence-electron chi connectivity index (χ2n) is 5.87. The number of hydrogen-bond donors (Lipinski definition) is 1. The Morgan fingerprint density at radius 1 is 1.42 bits per heavy atom. The Bertz CT molecular complexity index is 395. The topological polar surface area (TPSA) is 47.9 Å². The van der Waals surface area contributed by atoms with Crippen molar-refractivity contribution in [2.75, 3.05) is 38.7 Å². The van der Waals surface area contributed by atoms with Gasteiger partial charge in [0, 0.05) is 39.0 Å². The predicted molar refractivity (Wildman–Crippen MR) is 78.5 cm³/mol. The lowest BCUT2D eigenvalue weighted by molar-refractivity contribution is -0.125. The van der Waals surface area contributed by atoms with Gasteiger partial charge in [-0.3, -0.25) is 15.0 Å². The SMILES string of the molecule is CN(C)C1=NC2(CCN([C@@H]3CCSC3)CC2)C(=O)N1. The highest BCUT2D eigenvalue weighted by Gasteiger charge is 2.47. The number of rotatable bonds is 1. The Morgan fingerprint density at radius 3 is 2.68 bits per heavy atom. The summed E-state index contributed by atoms with van der Waals surface area (Å²) in [6, 6.07) is 0.726. The van der Waals surface area contributed by atoms with Crippen molar-refractivity contribution in [3.8, 4) is 0 Å². The molecule has 3 heterocycles. The molecule has 0 unspecified atom stereocenters. The maximum Gasteiger partial charge on any atom is 0.254 e. The molecule has 1 spiro atoms. The van der Waals surface area contributed by atoms with Crippen LogP contribution in [0, 0.1) is 0 Å². The van der Waals surface area contributed by atoms with Crippen LogP contribution in [0.5, 0.6) is 0 Å². The van der Waals surface area contributed by atoms with E-state index in [-0.39, 0.29) is 5.91 Å². The number of guanidine groups is 1. The van der Waals surface area contributed by atoms with Gasteiger partial charge >= 0.3 is 0 Å². The smallest absolute Gasteiger partial charge is 0.254 e. The van der Waals surface area contributed by atoms with Gasteiger partial charge in [0.25, 0.3) is 5.91 Å². The highest BCUT2D eigenvalue weighted by Crippen LogP contribution is 2.33. The average Bonchev–Trinajstić information content (AvgIpc) is 3.01. The van der Waals surface area contributed by atoms with Crippen LogP contribution < -0.4 is 5.32 Å². The number of carbonyl (C=O) groups excluding carboxylic acids is 1. The zero-order chi connectivity index (χ0) is 13.5. The zero-order valence-electron chi connectivity index (χ0n) is 11.7. The van der Waals surface area contributed by atoms with Crippen molar-refractivity contribution >= 4 is 23.6 Å². The van der Waals surface area contributed by atoms with Gasteiger partial charge in [-0.2, -0.15) is 11.8 Å². The highest BCUT2D eigenvalue weighted by atomic mass is 32.2. The van der Waals surface area contributed by atoms with E-state index in [0.717, 1.165) is 37.9 Å². The second kappa shape index (κ2) is 4.98. The fourth-order valence-corrected chi connectivity index (χ4v) is 4.37. The van der Waals surface area contributed by atoms with Crippen LogP contribution in [-0.2, 0) is 4.79 Å². The van der Waals surface area contributed by atoms with Gasteiger partial charge in [0.15, 0.2) is 0 Å². The first-order chi connectivity index (χ1) is 9.11. The van der Waals surface area contributed by atoms with Gasteiger partial charge in [0.2, 0.25) is 5.96 Å². The van der Waals surface area contributed by atoms with Crippen molar-refractivity contribution in [3.63, 3.8) is 0 Å². The van der Waals surface area contributed by atoms with E-state index in [4.69, 9.17) is 0 Å². The number of piperidine rings is 1. The molecule has 19 heavy (non-hydrogen) atoms. The van der Waals surface area contributed by atoms with E-state index in [2.05, 4.69) is 15.2 Å². The van der Waals surface area contributed by atoms with Gasteiger partial charge in [-0.05, 0) is 25.0 Å².